The Bertz CT molecular complexity index is 7400. The average molecular weight is 1690 g/mol. The Morgan fingerprint density at radius 1 is 0.214 bits per heavy atom. The Labute approximate surface area is 770 Å². The van der Waals surface area contributed by atoms with Crippen molar-refractivity contribution in [2.75, 3.05) is 14.7 Å². The lowest BCUT2D eigenvalue weighted by molar-refractivity contribution is 0.590. The minimum Gasteiger partial charge on any atom is -0.310 e. The van der Waals surface area contributed by atoms with Crippen molar-refractivity contribution in [2.24, 2.45) is 0 Å². The van der Waals surface area contributed by atoms with Crippen LogP contribution in [-0.2, 0) is 27.1 Å². The van der Waals surface area contributed by atoms with Gasteiger partial charge in [-0.25, -0.2) is 0 Å². The molecule has 0 unspecified atom stereocenters. The molecule has 0 spiro atoms. The molecule has 6 heteroatoms. The monoisotopic (exact) mass is 1690 g/mol. The van der Waals surface area contributed by atoms with Gasteiger partial charge in [0, 0.05) is 83.6 Å². The number of hydrogen-bond acceptors (Lipinski definition) is 3. The summed E-state index contributed by atoms with van der Waals surface area (Å²) in [6.45, 7) is 27.9. The van der Waals surface area contributed by atoms with E-state index in [1.54, 1.807) is 0 Å². The molecule has 3 aliphatic heterocycles. The van der Waals surface area contributed by atoms with Gasteiger partial charge in [-0.3, -0.25) is 0 Å². The number of nitrogens with zero attached hydrogens (tertiary/aromatic N) is 5. The Morgan fingerprint density at radius 3 is 0.969 bits per heavy atom. The van der Waals surface area contributed by atoms with Crippen molar-refractivity contribution in [1.29, 1.82) is 0 Å². The molecule has 5 heterocycles. The molecule has 0 bridgehead atoms. The van der Waals surface area contributed by atoms with Gasteiger partial charge in [0.1, 0.15) is 0 Å². The molecule has 18 aromatic carbocycles. The summed E-state index contributed by atoms with van der Waals surface area (Å²) in [5.74, 6) is 0. The average Bonchev–Trinajstić information content (AvgIpc) is 0.965. The van der Waals surface area contributed by atoms with Gasteiger partial charge in [0.25, 0.3) is 6.71 Å². The number of hydrogen-bond donors (Lipinski definition) is 0. The first-order chi connectivity index (χ1) is 63.5. The number of benzene rings is 18. The fraction of sp³-hybridized carbons (Fsp3) is 0.136. The van der Waals surface area contributed by atoms with Crippen LogP contribution in [-0.4, -0.2) is 15.8 Å². The van der Waals surface area contributed by atoms with E-state index < -0.39 is 5.41 Å². The summed E-state index contributed by atoms with van der Waals surface area (Å²) in [7, 11) is 0. The van der Waals surface area contributed by atoms with Crippen molar-refractivity contribution in [3.63, 3.8) is 0 Å². The molecule has 0 atom stereocenters. The van der Waals surface area contributed by atoms with Crippen LogP contribution >= 0.6 is 0 Å². The van der Waals surface area contributed by atoms with Crippen molar-refractivity contribution in [3.8, 4) is 67.0 Å². The number of rotatable bonds is 12. The lowest BCUT2D eigenvalue weighted by Gasteiger charge is -2.47. The Kier molecular flexibility index (Phi) is 18.8. The predicted molar refractivity (Wildman–Crippen MR) is 558 cm³/mol. The highest BCUT2D eigenvalue weighted by Crippen LogP contribution is 2.61. The molecule has 0 aliphatic carbocycles. The molecule has 23 rings (SSSR count). The van der Waals surface area contributed by atoms with Crippen molar-refractivity contribution >= 4 is 118 Å². The van der Waals surface area contributed by atoms with Crippen molar-refractivity contribution in [1.82, 2.24) is 9.13 Å². The van der Waals surface area contributed by atoms with Crippen LogP contribution in [0.1, 0.15) is 128 Å². The molecule has 2 aromatic heterocycles. The van der Waals surface area contributed by atoms with E-state index in [9.17, 15) is 0 Å². The lowest BCUT2D eigenvalue weighted by Crippen LogP contribution is -2.61. The van der Waals surface area contributed by atoms with Crippen LogP contribution in [0.4, 0.5) is 51.2 Å². The molecule has 0 saturated heterocycles. The zero-order valence-electron chi connectivity index (χ0n) is 76.6. The number of para-hydroxylation sites is 4. The third kappa shape index (κ3) is 13.1. The van der Waals surface area contributed by atoms with Gasteiger partial charge in [-0.15, -0.1) is 0 Å². The SMILES string of the molecule is CC(C)(C)c1cc(-c2ccccc2)c(N2c3cc(-n4c5ccccc5c5cc(C(C)(C)C)ccc54)ccc3B3c4ccc(-n5c6ccccc6c6cc(C(C)(C)C)ccc65)cc4N(c4c(-c5ccccc5)cc(C(C)(C)C)cc4-c4ccccc4)c4cc(-c5ccc6c(c5)C(c5ccccc5)(c5ccccc5)c5ccccc5N6c5ccccc5)cc2c43)c(-c2ccccc2)c1. The zero-order valence-corrected chi connectivity index (χ0v) is 76.6. The first-order valence-electron chi connectivity index (χ1n) is 46.5. The maximum Gasteiger partial charge on any atom is 0.252 e. The molecule has 20 aromatic rings. The predicted octanol–water partition coefficient (Wildman–Crippen LogP) is 31.7. The van der Waals surface area contributed by atoms with Gasteiger partial charge in [0.05, 0.1) is 50.2 Å². The zero-order chi connectivity index (χ0) is 89.1. The summed E-state index contributed by atoms with van der Waals surface area (Å²) in [5.41, 5.74) is 39.7. The molecule has 632 valence electrons. The first kappa shape index (κ1) is 80.6. The van der Waals surface area contributed by atoms with Gasteiger partial charge >= 0.3 is 0 Å². The minimum absolute atomic E-state index is 0.0848. The normalized spacial score (nSPS) is 13.5. The highest BCUT2D eigenvalue weighted by atomic mass is 15.2. The highest BCUT2D eigenvalue weighted by Gasteiger charge is 2.50. The molecule has 0 N–H and O–H groups in total. The van der Waals surface area contributed by atoms with Gasteiger partial charge in [-0.05, 0) is 243 Å². The van der Waals surface area contributed by atoms with E-state index in [1.165, 1.54) is 82.4 Å². The number of anilines is 9. The third-order valence-corrected chi connectivity index (χ3v) is 28.3. The summed E-state index contributed by atoms with van der Waals surface area (Å²) in [5, 5.41) is 4.91. The molecule has 131 heavy (non-hydrogen) atoms. The summed E-state index contributed by atoms with van der Waals surface area (Å²) in [4.78, 5) is 8.05. The van der Waals surface area contributed by atoms with Gasteiger partial charge in [-0.2, -0.15) is 0 Å². The van der Waals surface area contributed by atoms with E-state index in [-0.39, 0.29) is 28.4 Å². The quantitative estimate of drug-likeness (QED) is 0.114. The largest absolute Gasteiger partial charge is 0.310 e. The van der Waals surface area contributed by atoms with E-state index in [0.29, 0.717) is 0 Å². The van der Waals surface area contributed by atoms with Gasteiger partial charge in [0.2, 0.25) is 0 Å². The standard InChI is InChI=1S/C125H104BN5/c1-121(2,3)89-61-68-110-102(73-89)96-54-34-37-57-108(96)128(110)94-63-65-106-114(79-94)130(119-98(81-40-20-13-21-41-81)75-91(123(7,8)9)76-99(119)82-42-22-14-23-43-82)116-71-86(85-60-67-113-105(70-85)125(87-48-28-17-29-49-87,88-50-30-18-31-51-88)104-56-36-39-59-112(104)127(113)93-52-32-19-33-53-93)72-117-118(116)126(106)107-66-64-95(129-109-58-38-35-55-97(109)103-74-90(122(4,5)6)62-69-111(103)129)80-115(107)131(117)120-100(83-44-24-15-25-45-83)77-92(124(10,11)12)78-101(120)84-46-26-16-27-47-84/h13-80H,1-12H3. The number of fused-ring (bicyclic) bond motifs is 12. The Morgan fingerprint density at radius 2 is 0.565 bits per heavy atom. The maximum atomic E-state index is 2.77. The second kappa shape index (κ2) is 30.6. The van der Waals surface area contributed by atoms with Crippen molar-refractivity contribution in [3.05, 3.63) is 457 Å². The van der Waals surface area contributed by atoms with Gasteiger partial charge < -0.3 is 23.8 Å². The number of aromatic nitrogens is 2. The van der Waals surface area contributed by atoms with E-state index >= 15 is 0 Å². The molecule has 3 aliphatic rings. The highest BCUT2D eigenvalue weighted by molar-refractivity contribution is 7.00. The van der Waals surface area contributed by atoms with Crippen LogP contribution in [0.5, 0.6) is 0 Å². The minimum atomic E-state index is -0.831. The van der Waals surface area contributed by atoms with E-state index in [1.807, 2.05) is 0 Å². The molecular weight excluding hydrogens is 1580 g/mol. The van der Waals surface area contributed by atoms with Crippen LogP contribution in [0, 0.1) is 0 Å². The molecule has 0 fully saturated rings. The van der Waals surface area contributed by atoms with E-state index in [4.69, 9.17) is 0 Å². The fourth-order valence-corrected chi connectivity index (χ4v) is 21.8. The van der Waals surface area contributed by atoms with Crippen molar-refractivity contribution < 1.29 is 0 Å². The molecule has 0 saturated carbocycles. The fourth-order valence-electron chi connectivity index (χ4n) is 21.8. The smallest absolute Gasteiger partial charge is 0.252 e. The maximum absolute atomic E-state index is 2.77. The van der Waals surface area contributed by atoms with E-state index in [2.05, 4.69) is 519 Å². The van der Waals surface area contributed by atoms with Crippen LogP contribution in [0.3, 0.4) is 0 Å². The summed E-state index contributed by atoms with van der Waals surface area (Å²) >= 11 is 0. The summed E-state index contributed by atoms with van der Waals surface area (Å²) in [6.07, 6.45) is 0. The second-order valence-electron chi connectivity index (χ2n) is 40.4. The molecule has 0 radical (unpaired) electrons. The Balaban J connectivity index is 0.927. The van der Waals surface area contributed by atoms with Gasteiger partial charge in [-0.1, -0.05) is 368 Å². The first-order valence-corrected chi connectivity index (χ1v) is 46.5. The summed E-state index contributed by atoms with van der Waals surface area (Å²) in [6, 6.07) is 159. The van der Waals surface area contributed by atoms with Crippen LogP contribution < -0.4 is 31.1 Å². The van der Waals surface area contributed by atoms with Crippen LogP contribution in [0.25, 0.3) is 111 Å². The molecule has 0 amide bonds. The van der Waals surface area contributed by atoms with Gasteiger partial charge in [0.15, 0.2) is 0 Å². The third-order valence-electron chi connectivity index (χ3n) is 28.3. The van der Waals surface area contributed by atoms with Crippen LogP contribution in [0.2, 0.25) is 0 Å². The second-order valence-corrected chi connectivity index (χ2v) is 40.4. The van der Waals surface area contributed by atoms with E-state index in [0.717, 1.165) is 140 Å². The lowest BCUT2D eigenvalue weighted by atomic mass is 9.33. The molecule has 5 nitrogen and oxygen atoms in total. The topological polar surface area (TPSA) is 19.6 Å². The Hall–Kier alpha value is -15.0. The summed E-state index contributed by atoms with van der Waals surface area (Å²) < 4.78 is 5.11. The van der Waals surface area contributed by atoms with Crippen LogP contribution in [0.15, 0.2) is 413 Å². The van der Waals surface area contributed by atoms with Crippen molar-refractivity contribution in [2.45, 2.75) is 110 Å². The molecular formula is C125H104BN5.